The molecule has 0 unspecified atom stereocenters. The first-order chi connectivity index (χ1) is 13.0. The highest BCUT2D eigenvalue weighted by Crippen LogP contribution is 2.31. The smallest absolute Gasteiger partial charge is 0.343 e. The quantitative estimate of drug-likeness (QED) is 0.449. The fourth-order valence-corrected chi connectivity index (χ4v) is 4.25. The third kappa shape index (κ3) is 5.29. The summed E-state index contributed by atoms with van der Waals surface area (Å²) < 4.78 is 10.9. The Morgan fingerprint density at radius 3 is 2.04 bits per heavy atom. The molecule has 0 spiro atoms. The number of carbonyl (C=O) groups is 2. The maximum Gasteiger partial charge on any atom is 0.343 e. The van der Waals surface area contributed by atoms with E-state index in [1.54, 1.807) is 36.4 Å². The highest BCUT2D eigenvalue weighted by molar-refractivity contribution is 6.08. The minimum atomic E-state index is -0.432. The van der Waals surface area contributed by atoms with Crippen LogP contribution in [0.5, 0.6) is 11.5 Å². The Bertz CT molecular complexity index is 775. The maximum atomic E-state index is 12.3. The molecule has 0 atom stereocenters. The van der Waals surface area contributed by atoms with Gasteiger partial charge in [0.2, 0.25) is 0 Å². The van der Waals surface area contributed by atoms with Crippen molar-refractivity contribution in [3.05, 3.63) is 59.7 Å². The Kier molecular flexibility index (Phi) is 6.45. The molecule has 0 heterocycles. The predicted molar refractivity (Wildman–Crippen MR) is 108 cm³/mol. The van der Waals surface area contributed by atoms with Gasteiger partial charge in [0.05, 0.1) is 11.5 Å². The average Bonchev–Trinajstić information content (AvgIpc) is 2.70. The van der Waals surface area contributed by atoms with Gasteiger partial charge in [0.1, 0.15) is 11.5 Å². The van der Waals surface area contributed by atoms with Crippen LogP contribution >= 0.6 is 0 Å². The largest absolute Gasteiger partial charge is 0.426 e. The third-order valence-corrected chi connectivity index (χ3v) is 6.45. The van der Waals surface area contributed by atoms with Gasteiger partial charge in [-0.2, -0.15) is 0 Å². The van der Waals surface area contributed by atoms with E-state index < -0.39 is 5.97 Å². The molecule has 0 N–H and O–H groups in total. The minimum Gasteiger partial charge on any atom is -0.426 e. The van der Waals surface area contributed by atoms with Gasteiger partial charge in [0, 0.05) is 10.2 Å². The molecular weight excluding hydrogens is 356 g/mol. The molecule has 5 heteroatoms. The van der Waals surface area contributed by atoms with Crippen molar-refractivity contribution in [1.82, 2.24) is 0 Å². The lowest BCUT2D eigenvalue weighted by molar-refractivity contribution is -0.140. The molecule has 4 nitrogen and oxygen atoms in total. The van der Waals surface area contributed by atoms with E-state index in [9.17, 15) is 9.59 Å². The summed E-state index contributed by atoms with van der Waals surface area (Å²) in [6.45, 7) is 1.97. The van der Waals surface area contributed by atoms with Crippen LogP contribution in [0.2, 0.25) is 6.04 Å². The summed E-state index contributed by atoms with van der Waals surface area (Å²) in [6, 6.07) is 15.2. The van der Waals surface area contributed by atoms with Gasteiger partial charge >= 0.3 is 11.9 Å². The van der Waals surface area contributed by atoms with E-state index in [2.05, 4.69) is 0 Å². The van der Waals surface area contributed by atoms with Crippen molar-refractivity contribution < 1.29 is 19.1 Å². The second kappa shape index (κ2) is 9.00. The number of aryl methyl sites for hydroxylation is 1. The second-order valence-corrected chi connectivity index (χ2v) is 8.09. The summed E-state index contributed by atoms with van der Waals surface area (Å²) in [7, 11) is 1.24. The molecule has 1 fully saturated rings. The molecule has 3 rings (SSSR count). The summed E-state index contributed by atoms with van der Waals surface area (Å²) in [5.74, 6) is 1.19. The van der Waals surface area contributed by atoms with Gasteiger partial charge in [-0.25, -0.2) is 4.79 Å². The predicted octanol–water partition coefficient (Wildman–Crippen LogP) is 3.71. The lowest BCUT2D eigenvalue weighted by Crippen LogP contribution is -2.25. The van der Waals surface area contributed by atoms with Crippen LogP contribution in [-0.2, 0) is 4.79 Å². The fraction of sp³-hybridized carbons (Fsp3) is 0.364. The van der Waals surface area contributed by atoms with Crippen molar-refractivity contribution in [3.8, 4) is 11.5 Å². The first kappa shape index (κ1) is 19.4. The van der Waals surface area contributed by atoms with E-state index in [-0.39, 0.29) is 11.9 Å². The molecule has 2 aromatic rings. The van der Waals surface area contributed by atoms with E-state index in [0.717, 1.165) is 37.2 Å². The molecule has 1 aliphatic carbocycles. The van der Waals surface area contributed by atoms with Crippen LogP contribution in [0.3, 0.4) is 0 Å². The number of carbonyl (C=O) groups excluding carboxylic acids is 2. The molecule has 0 saturated heterocycles. The summed E-state index contributed by atoms with van der Waals surface area (Å²) in [5, 5.41) is 0. The van der Waals surface area contributed by atoms with Crippen LogP contribution in [0.1, 0.15) is 41.6 Å². The summed E-state index contributed by atoms with van der Waals surface area (Å²) in [4.78, 5) is 24.6. The van der Waals surface area contributed by atoms with Crippen molar-refractivity contribution in [2.75, 3.05) is 0 Å². The second-order valence-electron chi connectivity index (χ2n) is 7.27. The van der Waals surface area contributed by atoms with E-state index in [0.29, 0.717) is 17.1 Å². The molecule has 0 amide bonds. The fourth-order valence-electron chi connectivity index (χ4n) is 3.44. The van der Waals surface area contributed by atoms with Gasteiger partial charge < -0.3 is 9.47 Å². The van der Waals surface area contributed by atoms with Crippen molar-refractivity contribution in [2.24, 2.45) is 11.8 Å². The molecule has 0 aliphatic heterocycles. The van der Waals surface area contributed by atoms with E-state index >= 15 is 0 Å². The number of rotatable bonds is 5. The van der Waals surface area contributed by atoms with Crippen LogP contribution in [-0.4, -0.2) is 22.2 Å². The standard InChI is InChI=1S/C22H26O4Si/c1-15-2-10-19(11-3-15)25-22(24)18-8-12-20(13-9-18)26-21(23)17-6-4-16(14-27)5-7-17/h2-3,8-13,16-17H,4-7,14H2,1,27H3. The zero-order valence-corrected chi connectivity index (χ0v) is 17.9. The molecule has 2 aromatic carbocycles. The highest BCUT2D eigenvalue weighted by Gasteiger charge is 2.27. The highest BCUT2D eigenvalue weighted by atomic mass is 28.1. The molecule has 142 valence electrons. The van der Waals surface area contributed by atoms with Gasteiger partial charge in [-0.15, -0.1) is 0 Å². The number of hydrogen-bond acceptors (Lipinski definition) is 4. The zero-order chi connectivity index (χ0) is 19.2. The minimum absolute atomic E-state index is 0.000598. The molecule has 0 bridgehead atoms. The Morgan fingerprint density at radius 2 is 1.44 bits per heavy atom. The van der Waals surface area contributed by atoms with Crippen LogP contribution in [0.25, 0.3) is 0 Å². The van der Waals surface area contributed by atoms with E-state index in [1.807, 2.05) is 19.1 Å². The van der Waals surface area contributed by atoms with Crippen LogP contribution in [0.15, 0.2) is 48.5 Å². The molecule has 0 radical (unpaired) electrons. The van der Waals surface area contributed by atoms with Crippen LogP contribution < -0.4 is 9.47 Å². The van der Waals surface area contributed by atoms with E-state index in [4.69, 9.17) is 9.47 Å². The Hall–Kier alpha value is -2.40. The van der Waals surface area contributed by atoms with Gasteiger partial charge in [0.15, 0.2) is 0 Å². The molecule has 27 heavy (non-hydrogen) atoms. The zero-order valence-electron chi connectivity index (χ0n) is 15.9. The molecule has 1 aliphatic rings. The van der Waals surface area contributed by atoms with Crippen molar-refractivity contribution >= 4 is 22.2 Å². The summed E-state index contributed by atoms with van der Waals surface area (Å²) in [5.41, 5.74) is 1.52. The van der Waals surface area contributed by atoms with Gasteiger partial charge in [-0.3, -0.25) is 4.79 Å². The van der Waals surface area contributed by atoms with Gasteiger partial charge in [0.25, 0.3) is 0 Å². The first-order valence-corrected chi connectivity index (χ1v) is 11.1. The maximum absolute atomic E-state index is 12.3. The monoisotopic (exact) mass is 382 g/mol. The summed E-state index contributed by atoms with van der Waals surface area (Å²) >= 11 is 0. The SMILES string of the molecule is Cc1ccc(OC(=O)c2ccc(OC(=O)C3CCC(C[SiH3])CC3)cc2)cc1. The summed E-state index contributed by atoms with van der Waals surface area (Å²) in [6.07, 6.45) is 4.11. The molecular formula is C22H26O4Si. The van der Waals surface area contributed by atoms with Crippen molar-refractivity contribution in [3.63, 3.8) is 0 Å². The lowest BCUT2D eigenvalue weighted by atomic mass is 9.83. The topological polar surface area (TPSA) is 52.6 Å². The Balaban J connectivity index is 1.54. The Labute approximate surface area is 163 Å². The van der Waals surface area contributed by atoms with Gasteiger partial charge in [-0.05, 0) is 74.9 Å². The number of hydrogen-bond donors (Lipinski definition) is 0. The number of ether oxygens (including phenoxy) is 2. The normalized spacial score (nSPS) is 19.4. The van der Waals surface area contributed by atoms with Crippen LogP contribution in [0.4, 0.5) is 0 Å². The Morgan fingerprint density at radius 1 is 0.889 bits per heavy atom. The third-order valence-electron chi connectivity index (χ3n) is 5.30. The lowest BCUT2D eigenvalue weighted by Gasteiger charge is -2.26. The average molecular weight is 383 g/mol. The van der Waals surface area contributed by atoms with Crippen LogP contribution in [0, 0.1) is 18.8 Å². The van der Waals surface area contributed by atoms with Crippen molar-refractivity contribution in [2.45, 2.75) is 38.7 Å². The van der Waals surface area contributed by atoms with Crippen molar-refractivity contribution in [1.29, 1.82) is 0 Å². The molecule has 1 saturated carbocycles. The molecule has 0 aromatic heterocycles. The van der Waals surface area contributed by atoms with Gasteiger partial charge in [-0.1, -0.05) is 23.7 Å². The number of benzene rings is 2. The first-order valence-electron chi connectivity index (χ1n) is 9.65. The van der Waals surface area contributed by atoms with E-state index in [1.165, 1.54) is 16.3 Å². The number of esters is 2.